The topological polar surface area (TPSA) is 38.3 Å². The number of rotatable bonds is 4. The number of carbonyl (C=O) groups is 1. The average Bonchev–Trinajstić information content (AvgIpc) is 2.63. The van der Waals surface area contributed by atoms with Gasteiger partial charge in [0.25, 0.3) is 0 Å². The average molecular weight is 407 g/mol. The summed E-state index contributed by atoms with van der Waals surface area (Å²) < 4.78 is 5.67. The maximum absolute atomic E-state index is 12.4. The van der Waals surface area contributed by atoms with Gasteiger partial charge >= 0.3 is 6.09 Å². The third kappa shape index (κ3) is 4.92. The first-order valence-corrected chi connectivity index (χ1v) is 8.89. The molecule has 0 atom stereocenters. The lowest BCUT2D eigenvalue weighted by molar-refractivity contribution is 0.131. The number of benzene rings is 3. The molecule has 0 aliphatic rings. The molecule has 0 saturated carbocycles. The van der Waals surface area contributed by atoms with Gasteiger partial charge in [-0.25, -0.2) is 4.79 Å². The second-order valence-electron chi connectivity index (χ2n) is 5.52. The van der Waals surface area contributed by atoms with Crippen LogP contribution in [-0.4, -0.2) is 6.09 Å². The minimum atomic E-state index is -0.600. The molecular formula is C20H14Cl3NO2. The Balaban J connectivity index is 1.83. The number of anilines is 1. The summed E-state index contributed by atoms with van der Waals surface area (Å²) in [6.45, 7) is 0. The van der Waals surface area contributed by atoms with Gasteiger partial charge in [0.15, 0.2) is 6.10 Å². The van der Waals surface area contributed by atoms with Gasteiger partial charge in [-0.05, 0) is 59.7 Å². The summed E-state index contributed by atoms with van der Waals surface area (Å²) >= 11 is 17.8. The highest BCUT2D eigenvalue weighted by molar-refractivity contribution is 6.31. The second-order valence-corrected chi connectivity index (χ2v) is 6.83. The summed E-state index contributed by atoms with van der Waals surface area (Å²) in [5.41, 5.74) is 2.18. The van der Waals surface area contributed by atoms with E-state index >= 15 is 0 Å². The van der Waals surface area contributed by atoms with Crippen LogP contribution in [0.1, 0.15) is 17.2 Å². The number of halogens is 3. The van der Waals surface area contributed by atoms with Gasteiger partial charge in [0.1, 0.15) is 0 Å². The molecule has 0 bridgehead atoms. The van der Waals surface area contributed by atoms with Gasteiger partial charge < -0.3 is 4.74 Å². The van der Waals surface area contributed by atoms with Crippen molar-refractivity contribution in [3.8, 4) is 0 Å². The monoisotopic (exact) mass is 405 g/mol. The molecule has 1 amide bonds. The Hall–Kier alpha value is -2.20. The van der Waals surface area contributed by atoms with Crippen molar-refractivity contribution in [1.82, 2.24) is 0 Å². The van der Waals surface area contributed by atoms with Crippen molar-refractivity contribution in [2.45, 2.75) is 6.10 Å². The molecule has 6 heteroatoms. The Morgan fingerprint density at radius 3 is 1.50 bits per heavy atom. The van der Waals surface area contributed by atoms with E-state index in [4.69, 9.17) is 39.5 Å². The fourth-order valence-electron chi connectivity index (χ4n) is 2.39. The molecule has 0 fully saturated rings. The van der Waals surface area contributed by atoms with Gasteiger partial charge in [0, 0.05) is 20.8 Å². The van der Waals surface area contributed by atoms with Crippen LogP contribution in [0, 0.1) is 0 Å². The molecule has 3 aromatic rings. The molecule has 3 nitrogen and oxygen atoms in total. The fraction of sp³-hybridized carbons (Fsp3) is 0.0500. The predicted molar refractivity (Wildman–Crippen MR) is 106 cm³/mol. The Morgan fingerprint density at radius 2 is 1.08 bits per heavy atom. The maximum Gasteiger partial charge on any atom is 0.412 e. The Labute approximate surface area is 166 Å². The zero-order chi connectivity index (χ0) is 18.5. The number of hydrogen-bond acceptors (Lipinski definition) is 2. The summed E-state index contributed by atoms with van der Waals surface area (Å²) in [5.74, 6) is 0. The van der Waals surface area contributed by atoms with Crippen LogP contribution in [0.5, 0.6) is 0 Å². The first kappa shape index (κ1) is 18.6. The molecule has 0 unspecified atom stereocenters. The summed E-state index contributed by atoms with van der Waals surface area (Å²) in [4.78, 5) is 12.4. The van der Waals surface area contributed by atoms with Crippen molar-refractivity contribution < 1.29 is 9.53 Å². The van der Waals surface area contributed by atoms with E-state index in [0.717, 1.165) is 11.1 Å². The van der Waals surface area contributed by atoms with Crippen LogP contribution in [0.15, 0.2) is 72.8 Å². The van der Waals surface area contributed by atoms with Gasteiger partial charge in [-0.3, -0.25) is 5.32 Å². The summed E-state index contributed by atoms with van der Waals surface area (Å²) in [6, 6.07) is 21.0. The molecule has 132 valence electrons. The highest BCUT2D eigenvalue weighted by atomic mass is 35.5. The number of nitrogens with one attached hydrogen (secondary N) is 1. The van der Waals surface area contributed by atoms with E-state index in [2.05, 4.69) is 5.32 Å². The number of hydrogen-bond donors (Lipinski definition) is 1. The van der Waals surface area contributed by atoms with E-state index in [1.165, 1.54) is 0 Å². The number of amides is 1. The van der Waals surface area contributed by atoms with Crippen LogP contribution in [-0.2, 0) is 4.74 Å². The first-order valence-electron chi connectivity index (χ1n) is 7.75. The molecular weight excluding hydrogens is 393 g/mol. The van der Waals surface area contributed by atoms with Gasteiger partial charge in [-0.15, -0.1) is 0 Å². The molecule has 0 heterocycles. The Kier molecular flexibility index (Phi) is 6.04. The van der Waals surface area contributed by atoms with Crippen molar-refractivity contribution >= 4 is 46.6 Å². The van der Waals surface area contributed by atoms with Gasteiger partial charge in [-0.1, -0.05) is 59.1 Å². The third-order valence-electron chi connectivity index (χ3n) is 3.66. The SMILES string of the molecule is O=C(Nc1ccc(Cl)cc1)OC(c1ccc(Cl)cc1)c1ccc(Cl)cc1. The number of ether oxygens (including phenoxy) is 1. The van der Waals surface area contributed by atoms with Gasteiger partial charge in [0.05, 0.1) is 0 Å². The quantitative estimate of drug-likeness (QED) is 0.507. The molecule has 3 rings (SSSR count). The zero-order valence-electron chi connectivity index (χ0n) is 13.5. The molecule has 0 saturated heterocycles. The lowest BCUT2D eigenvalue weighted by Crippen LogP contribution is -2.18. The van der Waals surface area contributed by atoms with Crippen LogP contribution in [0.25, 0.3) is 0 Å². The van der Waals surface area contributed by atoms with Crippen LogP contribution in [0.4, 0.5) is 10.5 Å². The molecule has 0 aliphatic carbocycles. The predicted octanol–water partition coefficient (Wildman–Crippen LogP) is 6.98. The summed E-state index contributed by atoms with van der Waals surface area (Å²) in [6.07, 6.45) is -1.18. The van der Waals surface area contributed by atoms with Crippen molar-refractivity contribution in [3.05, 3.63) is 99.0 Å². The summed E-state index contributed by atoms with van der Waals surface area (Å²) in [7, 11) is 0. The van der Waals surface area contributed by atoms with E-state index in [1.54, 1.807) is 48.5 Å². The molecule has 0 aromatic heterocycles. The first-order chi connectivity index (χ1) is 12.5. The van der Waals surface area contributed by atoms with E-state index in [0.29, 0.717) is 20.8 Å². The molecule has 0 spiro atoms. The third-order valence-corrected chi connectivity index (χ3v) is 4.42. The summed E-state index contributed by atoms with van der Waals surface area (Å²) in [5, 5.41) is 4.49. The van der Waals surface area contributed by atoms with E-state index in [-0.39, 0.29) is 0 Å². The largest absolute Gasteiger partial charge is 0.436 e. The normalized spacial score (nSPS) is 10.6. The highest BCUT2D eigenvalue weighted by Gasteiger charge is 2.19. The van der Waals surface area contributed by atoms with E-state index in [1.807, 2.05) is 24.3 Å². The molecule has 26 heavy (non-hydrogen) atoms. The fourth-order valence-corrected chi connectivity index (χ4v) is 2.77. The lowest BCUT2D eigenvalue weighted by Gasteiger charge is -2.19. The minimum Gasteiger partial charge on any atom is -0.436 e. The highest BCUT2D eigenvalue weighted by Crippen LogP contribution is 2.29. The van der Waals surface area contributed by atoms with Crippen molar-refractivity contribution in [2.24, 2.45) is 0 Å². The maximum atomic E-state index is 12.4. The molecule has 0 aliphatic heterocycles. The van der Waals surface area contributed by atoms with Crippen molar-refractivity contribution in [1.29, 1.82) is 0 Å². The molecule has 3 aromatic carbocycles. The second kappa shape index (κ2) is 8.45. The smallest absolute Gasteiger partial charge is 0.412 e. The molecule has 0 radical (unpaired) electrons. The van der Waals surface area contributed by atoms with E-state index in [9.17, 15) is 4.79 Å². The standard InChI is InChI=1S/C20H14Cl3NO2/c21-15-5-1-13(2-6-15)19(14-3-7-16(22)8-4-14)26-20(25)24-18-11-9-17(23)10-12-18/h1-12,19H,(H,24,25). The van der Waals surface area contributed by atoms with Crippen LogP contribution in [0.3, 0.4) is 0 Å². The van der Waals surface area contributed by atoms with Crippen LogP contribution in [0.2, 0.25) is 15.1 Å². The number of carbonyl (C=O) groups excluding carboxylic acids is 1. The minimum absolute atomic E-state index is 0.581. The molecule has 1 N–H and O–H groups in total. The van der Waals surface area contributed by atoms with Crippen molar-refractivity contribution in [2.75, 3.05) is 5.32 Å². The van der Waals surface area contributed by atoms with Crippen LogP contribution < -0.4 is 5.32 Å². The van der Waals surface area contributed by atoms with Crippen LogP contribution >= 0.6 is 34.8 Å². The Morgan fingerprint density at radius 1 is 0.692 bits per heavy atom. The zero-order valence-corrected chi connectivity index (χ0v) is 15.7. The van der Waals surface area contributed by atoms with Crippen molar-refractivity contribution in [3.63, 3.8) is 0 Å². The van der Waals surface area contributed by atoms with Gasteiger partial charge in [-0.2, -0.15) is 0 Å². The van der Waals surface area contributed by atoms with Gasteiger partial charge in [0.2, 0.25) is 0 Å². The Bertz CT molecular complexity index is 833. The lowest BCUT2D eigenvalue weighted by atomic mass is 10.0. The van der Waals surface area contributed by atoms with E-state index < -0.39 is 12.2 Å².